The molecule has 0 spiro atoms. The Kier molecular flexibility index (Phi) is 5.27. The molecule has 1 amide bonds. The Labute approximate surface area is 171 Å². The largest absolute Gasteiger partial charge is 0.386 e. The molecule has 1 saturated carbocycles. The third kappa shape index (κ3) is 3.97. The SMILES string of the molecule is CO[C@H]1CC[C@H](N2C(=O)CNc3ncc(-c4ccc(C(C)(C)O)cc4)nc32)CC1. The van der Waals surface area contributed by atoms with Crippen LogP contribution in [0.2, 0.25) is 0 Å². The fraction of sp³-hybridized carbons (Fsp3) is 0.500. The number of aliphatic hydroxyl groups is 1. The number of hydrogen-bond acceptors (Lipinski definition) is 6. The van der Waals surface area contributed by atoms with Crippen molar-refractivity contribution in [2.75, 3.05) is 23.9 Å². The van der Waals surface area contributed by atoms with Crippen molar-refractivity contribution in [3.8, 4) is 11.3 Å². The molecule has 0 radical (unpaired) electrons. The summed E-state index contributed by atoms with van der Waals surface area (Å²) in [4.78, 5) is 23.9. The van der Waals surface area contributed by atoms with Gasteiger partial charge in [-0.25, -0.2) is 9.97 Å². The average Bonchev–Trinajstić information content (AvgIpc) is 2.73. The highest BCUT2D eigenvalue weighted by Crippen LogP contribution is 2.35. The number of benzene rings is 1. The van der Waals surface area contributed by atoms with Crippen LogP contribution < -0.4 is 10.2 Å². The summed E-state index contributed by atoms with van der Waals surface area (Å²) in [6.45, 7) is 3.76. The Bertz CT molecular complexity index is 884. The quantitative estimate of drug-likeness (QED) is 0.826. The second-order valence-corrected chi connectivity index (χ2v) is 8.35. The van der Waals surface area contributed by atoms with Crippen LogP contribution in [0.25, 0.3) is 11.3 Å². The summed E-state index contributed by atoms with van der Waals surface area (Å²) in [5.74, 6) is 1.28. The van der Waals surface area contributed by atoms with Gasteiger partial charge in [0.25, 0.3) is 0 Å². The number of amides is 1. The van der Waals surface area contributed by atoms with E-state index in [4.69, 9.17) is 9.72 Å². The van der Waals surface area contributed by atoms with Gasteiger partial charge in [-0.15, -0.1) is 0 Å². The van der Waals surface area contributed by atoms with Crippen molar-refractivity contribution in [1.82, 2.24) is 9.97 Å². The highest BCUT2D eigenvalue weighted by Gasteiger charge is 2.35. The molecule has 7 nitrogen and oxygen atoms in total. The standard InChI is InChI=1S/C22H28N4O3/c1-22(2,28)15-6-4-14(5-7-15)18-12-23-20-21(25-18)26(19(27)13-24-20)16-8-10-17(29-3)11-9-16/h4-7,12,16-17,28H,8-11,13H2,1-3H3,(H,23,24)/t16-,17-. The number of ether oxygens (including phenoxy) is 1. The Morgan fingerprint density at radius 1 is 1.17 bits per heavy atom. The van der Waals surface area contributed by atoms with Gasteiger partial charge in [0.1, 0.15) is 0 Å². The maximum absolute atomic E-state index is 12.7. The van der Waals surface area contributed by atoms with Crippen LogP contribution in [-0.2, 0) is 15.1 Å². The van der Waals surface area contributed by atoms with Crippen LogP contribution in [0.5, 0.6) is 0 Å². The van der Waals surface area contributed by atoms with E-state index >= 15 is 0 Å². The monoisotopic (exact) mass is 396 g/mol. The molecule has 1 aliphatic heterocycles. The highest BCUT2D eigenvalue weighted by atomic mass is 16.5. The lowest BCUT2D eigenvalue weighted by Gasteiger charge is -2.38. The van der Waals surface area contributed by atoms with E-state index in [1.807, 2.05) is 29.2 Å². The van der Waals surface area contributed by atoms with Gasteiger partial charge in [0.2, 0.25) is 5.91 Å². The van der Waals surface area contributed by atoms with Gasteiger partial charge in [-0.3, -0.25) is 9.69 Å². The molecule has 4 rings (SSSR count). The Morgan fingerprint density at radius 2 is 1.86 bits per heavy atom. The first-order valence-electron chi connectivity index (χ1n) is 10.2. The van der Waals surface area contributed by atoms with Crippen LogP contribution >= 0.6 is 0 Å². The highest BCUT2D eigenvalue weighted by molar-refractivity contribution is 6.01. The van der Waals surface area contributed by atoms with E-state index in [9.17, 15) is 9.90 Å². The first-order valence-corrected chi connectivity index (χ1v) is 10.2. The topological polar surface area (TPSA) is 87.6 Å². The van der Waals surface area contributed by atoms with Gasteiger partial charge in [0, 0.05) is 18.7 Å². The van der Waals surface area contributed by atoms with Crippen LogP contribution in [0.3, 0.4) is 0 Å². The summed E-state index contributed by atoms with van der Waals surface area (Å²) < 4.78 is 5.47. The van der Waals surface area contributed by atoms with Crippen molar-refractivity contribution in [2.24, 2.45) is 0 Å². The van der Waals surface area contributed by atoms with Crippen LogP contribution in [0, 0.1) is 0 Å². The van der Waals surface area contributed by atoms with Crippen LogP contribution in [-0.4, -0.2) is 46.8 Å². The first kappa shape index (κ1) is 19.8. The molecule has 1 aromatic carbocycles. The molecule has 2 N–H and O–H groups in total. The Hall–Kier alpha value is -2.51. The van der Waals surface area contributed by atoms with E-state index in [-0.39, 0.29) is 24.6 Å². The number of anilines is 2. The van der Waals surface area contributed by atoms with Gasteiger partial charge >= 0.3 is 0 Å². The molecule has 0 saturated heterocycles. The van der Waals surface area contributed by atoms with Crippen molar-refractivity contribution in [3.05, 3.63) is 36.0 Å². The van der Waals surface area contributed by atoms with E-state index in [0.29, 0.717) is 17.3 Å². The molecular weight excluding hydrogens is 368 g/mol. The number of methoxy groups -OCH3 is 1. The lowest BCUT2D eigenvalue weighted by Crippen LogP contribution is -2.49. The minimum Gasteiger partial charge on any atom is -0.386 e. The van der Waals surface area contributed by atoms with E-state index in [1.165, 1.54) is 0 Å². The van der Waals surface area contributed by atoms with Crippen LogP contribution in [0.1, 0.15) is 45.1 Å². The molecule has 154 valence electrons. The van der Waals surface area contributed by atoms with Crippen LogP contribution in [0.4, 0.5) is 11.6 Å². The van der Waals surface area contributed by atoms with Gasteiger partial charge < -0.3 is 15.2 Å². The van der Waals surface area contributed by atoms with Gasteiger partial charge in [-0.1, -0.05) is 24.3 Å². The number of hydrogen-bond donors (Lipinski definition) is 2. The molecule has 1 fully saturated rings. The number of aromatic nitrogens is 2. The molecular formula is C22H28N4O3. The molecule has 2 aliphatic rings. The minimum atomic E-state index is -0.895. The summed E-state index contributed by atoms with van der Waals surface area (Å²) in [7, 11) is 1.75. The van der Waals surface area contributed by atoms with Crippen molar-refractivity contribution in [1.29, 1.82) is 0 Å². The third-order valence-electron chi connectivity index (χ3n) is 5.89. The first-order chi connectivity index (χ1) is 13.9. The number of fused-ring (bicyclic) bond motifs is 1. The predicted octanol–water partition coefficient (Wildman–Crippen LogP) is 3.09. The fourth-order valence-electron chi connectivity index (χ4n) is 4.14. The van der Waals surface area contributed by atoms with Crippen molar-refractivity contribution in [3.63, 3.8) is 0 Å². The number of carbonyl (C=O) groups excluding carboxylic acids is 1. The van der Waals surface area contributed by atoms with E-state index < -0.39 is 5.60 Å². The second-order valence-electron chi connectivity index (χ2n) is 8.35. The minimum absolute atomic E-state index is 0.0298. The summed E-state index contributed by atoms with van der Waals surface area (Å²) in [6.07, 6.45) is 5.68. The summed E-state index contributed by atoms with van der Waals surface area (Å²) in [5.41, 5.74) is 1.54. The Morgan fingerprint density at radius 3 is 2.48 bits per heavy atom. The summed E-state index contributed by atoms with van der Waals surface area (Å²) >= 11 is 0. The van der Waals surface area contributed by atoms with Gasteiger partial charge in [-0.05, 0) is 45.1 Å². The third-order valence-corrected chi connectivity index (χ3v) is 5.89. The lowest BCUT2D eigenvalue weighted by atomic mass is 9.91. The fourth-order valence-corrected chi connectivity index (χ4v) is 4.14. The zero-order valence-corrected chi connectivity index (χ0v) is 17.2. The van der Waals surface area contributed by atoms with Crippen molar-refractivity contribution >= 4 is 17.5 Å². The van der Waals surface area contributed by atoms with Gasteiger partial charge in [0.15, 0.2) is 11.6 Å². The number of nitrogens with zero attached hydrogens (tertiary/aromatic N) is 3. The van der Waals surface area contributed by atoms with Crippen LogP contribution in [0.15, 0.2) is 30.5 Å². The molecule has 1 aromatic heterocycles. The lowest BCUT2D eigenvalue weighted by molar-refractivity contribution is -0.118. The average molecular weight is 396 g/mol. The van der Waals surface area contributed by atoms with E-state index in [1.54, 1.807) is 27.2 Å². The zero-order valence-electron chi connectivity index (χ0n) is 17.2. The number of nitrogens with one attached hydrogen (secondary N) is 1. The van der Waals surface area contributed by atoms with Gasteiger partial charge in [0.05, 0.1) is 30.1 Å². The molecule has 0 atom stereocenters. The normalized spacial score (nSPS) is 22.2. The molecule has 29 heavy (non-hydrogen) atoms. The molecule has 1 aliphatic carbocycles. The van der Waals surface area contributed by atoms with Crippen molar-refractivity contribution in [2.45, 2.75) is 57.3 Å². The predicted molar refractivity (Wildman–Crippen MR) is 112 cm³/mol. The number of carbonyl (C=O) groups is 1. The van der Waals surface area contributed by atoms with E-state index in [2.05, 4.69) is 10.3 Å². The zero-order chi connectivity index (χ0) is 20.6. The van der Waals surface area contributed by atoms with Crippen molar-refractivity contribution < 1.29 is 14.6 Å². The maximum Gasteiger partial charge on any atom is 0.247 e. The number of rotatable bonds is 4. The summed E-state index contributed by atoms with van der Waals surface area (Å²) in [5, 5.41) is 13.3. The molecule has 0 unspecified atom stereocenters. The molecule has 0 bridgehead atoms. The maximum atomic E-state index is 12.7. The Balaban J connectivity index is 1.64. The summed E-state index contributed by atoms with van der Waals surface area (Å²) in [6, 6.07) is 7.76. The van der Waals surface area contributed by atoms with Gasteiger partial charge in [-0.2, -0.15) is 0 Å². The molecule has 2 heterocycles. The molecule has 2 aromatic rings. The smallest absolute Gasteiger partial charge is 0.247 e. The molecule has 7 heteroatoms. The second kappa shape index (κ2) is 7.72. The van der Waals surface area contributed by atoms with E-state index in [0.717, 1.165) is 36.8 Å².